The molecule has 3 aliphatic rings. The summed E-state index contributed by atoms with van der Waals surface area (Å²) in [5.74, 6) is 0.870. The number of carbonyl (C=O) groups excluding carboxylic acids is 1. The Hall–Kier alpha value is -0.690. The van der Waals surface area contributed by atoms with E-state index in [0.29, 0.717) is 18.3 Å². The molecule has 6 nitrogen and oxygen atoms in total. The van der Waals surface area contributed by atoms with Gasteiger partial charge in [0.2, 0.25) is 0 Å². The number of carbonyl (C=O) groups is 1. The number of hydrogen-bond acceptors (Lipinski definition) is 6. The van der Waals surface area contributed by atoms with Gasteiger partial charge in [0.25, 0.3) is 0 Å². The van der Waals surface area contributed by atoms with E-state index in [-0.39, 0.29) is 43.1 Å². The Labute approximate surface area is 169 Å². The van der Waals surface area contributed by atoms with Crippen molar-refractivity contribution in [2.45, 2.75) is 96.2 Å². The molecule has 0 aromatic rings. The lowest BCUT2D eigenvalue weighted by Crippen LogP contribution is -2.33. The smallest absolute Gasteiger partial charge is 0.306 e. The first-order valence-electron chi connectivity index (χ1n) is 11.3. The highest BCUT2D eigenvalue weighted by molar-refractivity contribution is 5.69. The lowest BCUT2D eigenvalue weighted by molar-refractivity contribution is -0.198. The molecule has 2 heterocycles. The van der Waals surface area contributed by atoms with Gasteiger partial charge in [-0.15, -0.1) is 0 Å². The number of aliphatic hydroxyl groups is 1. The molecule has 0 aromatic heterocycles. The van der Waals surface area contributed by atoms with Crippen LogP contribution >= 0.6 is 0 Å². The Kier molecular flexibility index (Phi) is 8.57. The van der Waals surface area contributed by atoms with Crippen molar-refractivity contribution in [2.75, 3.05) is 19.8 Å². The normalized spacial score (nSPS) is 36.1. The van der Waals surface area contributed by atoms with Crippen LogP contribution in [0.25, 0.3) is 0 Å². The number of fused-ring (bicyclic) bond motifs is 1. The Morgan fingerprint density at radius 1 is 1.18 bits per heavy atom. The summed E-state index contributed by atoms with van der Waals surface area (Å²) >= 11 is 0. The summed E-state index contributed by atoms with van der Waals surface area (Å²) < 4.78 is 23.4. The standard InChI is InChI=1S/C22H38O6/c1-15(2)27-21(24)7-5-6-16-9-10-17-18(13-23)20(12-19(17)26-14-16)28-22-8-3-4-11-25-22/h15-20,22-23H,3-14H2,1-2H3/t16-,17+,18+,19-,20+,22?/m0/s1. The van der Waals surface area contributed by atoms with Crippen LogP contribution in [0.5, 0.6) is 0 Å². The Balaban J connectivity index is 1.43. The predicted octanol–water partition coefficient (Wildman–Crippen LogP) is 3.44. The van der Waals surface area contributed by atoms with Crippen molar-refractivity contribution in [3.05, 3.63) is 0 Å². The molecule has 2 aliphatic heterocycles. The first kappa shape index (κ1) is 22.0. The highest BCUT2D eigenvalue weighted by Crippen LogP contribution is 2.43. The van der Waals surface area contributed by atoms with Crippen molar-refractivity contribution in [3.63, 3.8) is 0 Å². The van der Waals surface area contributed by atoms with Crippen LogP contribution in [0.2, 0.25) is 0 Å². The van der Waals surface area contributed by atoms with Crippen LogP contribution in [0.3, 0.4) is 0 Å². The second-order valence-electron chi connectivity index (χ2n) is 8.96. The van der Waals surface area contributed by atoms with Gasteiger partial charge in [-0.05, 0) is 70.6 Å². The molecule has 0 bridgehead atoms. The van der Waals surface area contributed by atoms with Crippen LogP contribution in [-0.2, 0) is 23.7 Å². The number of aliphatic hydroxyl groups excluding tert-OH is 1. The van der Waals surface area contributed by atoms with E-state index >= 15 is 0 Å². The molecule has 0 spiro atoms. The Morgan fingerprint density at radius 3 is 2.75 bits per heavy atom. The molecule has 3 rings (SSSR count). The molecule has 1 saturated carbocycles. The van der Waals surface area contributed by atoms with Gasteiger partial charge in [0.1, 0.15) is 0 Å². The molecule has 2 saturated heterocycles. The number of esters is 1. The van der Waals surface area contributed by atoms with E-state index in [1.165, 1.54) is 0 Å². The summed E-state index contributed by atoms with van der Waals surface area (Å²) in [5.41, 5.74) is 0. The zero-order valence-corrected chi connectivity index (χ0v) is 17.5. The maximum Gasteiger partial charge on any atom is 0.306 e. The fourth-order valence-corrected chi connectivity index (χ4v) is 5.00. The van der Waals surface area contributed by atoms with Gasteiger partial charge in [0.15, 0.2) is 6.29 Å². The molecule has 0 radical (unpaired) electrons. The van der Waals surface area contributed by atoms with Crippen molar-refractivity contribution in [2.24, 2.45) is 17.8 Å². The van der Waals surface area contributed by atoms with Crippen LogP contribution < -0.4 is 0 Å². The monoisotopic (exact) mass is 398 g/mol. The highest BCUT2D eigenvalue weighted by Gasteiger charge is 2.46. The molecule has 1 N–H and O–H groups in total. The summed E-state index contributed by atoms with van der Waals surface area (Å²) in [4.78, 5) is 11.7. The fraction of sp³-hybridized carbons (Fsp3) is 0.955. The first-order valence-corrected chi connectivity index (χ1v) is 11.3. The number of ether oxygens (including phenoxy) is 4. The molecule has 0 aromatic carbocycles. The number of hydrogen-bond donors (Lipinski definition) is 1. The van der Waals surface area contributed by atoms with Crippen LogP contribution in [0.4, 0.5) is 0 Å². The van der Waals surface area contributed by atoms with Crippen LogP contribution in [-0.4, -0.2) is 55.5 Å². The van der Waals surface area contributed by atoms with Crippen molar-refractivity contribution in [3.8, 4) is 0 Å². The predicted molar refractivity (Wildman–Crippen MR) is 105 cm³/mol. The molecular formula is C22H38O6. The third-order valence-electron chi connectivity index (χ3n) is 6.46. The van der Waals surface area contributed by atoms with E-state index in [0.717, 1.165) is 64.6 Å². The van der Waals surface area contributed by atoms with Gasteiger partial charge in [-0.1, -0.05) is 0 Å². The Morgan fingerprint density at radius 2 is 2.04 bits per heavy atom. The van der Waals surface area contributed by atoms with E-state index in [2.05, 4.69) is 0 Å². The van der Waals surface area contributed by atoms with Crippen molar-refractivity contribution in [1.29, 1.82) is 0 Å². The number of rotatable bonds is 8. The van der Waals surface area contributed by atoms with Gasteiger partial charge in [0.05, 0.1) is 18.3 Å². The van der Waals surface area contributed by atoms with Gasteiger partial charge >= 0.3 is 5.97 Å². The quantitative estimate of drug-likeness (QED) is 0.631. The maximum atomic E-state index is 11.7. The minimum Gasteiger partial charge on any atom is -0.463 e. The molecule has 0 amide bonds. The molecule has 6 heteroatoms. The van der Waals surface area contributed by atoms with E-state index in [1.807, 2.05) is 13.8 Å². The Bertz CT molecular complexity index is 476. The summed E-state index contributed by atoms with van der Waals surface area (Å²) in [6.07, 6.45) is 8.57. The molecule has 3 fully saturated rings. The van der Waals surface area contributed by atoms with Gasteiger partial charge in [-0.2, -0.15) is 0 Å². The summed E-state index contributed by atoms with van der Waals surface area (Å²) in [6.45, 7) is 5.42. The lowest BCUT2D eigenvalue weighted by atomic mass is 9.87. The molecule has 6 atom stereocenters. The molecule has 1 unspecified atom stereocenters. The highest BCUT2D eigenvalue weighted by atomic mass is 16.7. The topological polar surface area (TPSA) is 74.2 Å². The molecule has 1 aliphatic carbocycles. The van der Waals surface area contributed by atoms with Gasteiger partial charge in [-0.25, -0.2) is 0 Å². The minimum absolute atomic E-state index is 0.0328. The lowest BCUT2D eigenvalue weighted by Gasteiger charge is -2.29. The molecule has 28 heavy (non-hydrogen) atoms. The average Bonchev–Trinajstić information content (AvgIpc) is 2.87. The van der Waals surface area contributed by atoms with Gasteiger partial charge in [-0.3, -0.25) is 4.79 Å². The third kappa shape index (κ3) is 6.15. The fourth-order valence-electron chi connectivity index (χ4n) is 5.00. The maximum absolute atomic E-state index is 11.7. The zero-order valence-electron chi connectivity index (χ0n) is 17.5. The summed E-state index contributed by atoms with van der Waals surface area (Å²) in [5, 5.41) is 10.0. The van der Waals surface area contributed by atoms with Crippen LogP contribution in [0.15, 0.2) is 0 Å². The second kappa shape index (κ2) is 10.9. The van der Waals surface area contributed by atoms with Crippen LogP contribution in [0.1, 0.15) is 71.6 Å². The first-order chi connectivity index (χ1) is 13.6. The van der Waals surface area contributed by atoms with Gasteiger partial charge < -0.3 is 24.1 Å². The summed E-state index contributed by atoms with van der Waals surface area (Å²) in [7, 11) is 0. The van der Waals surface area contributed by atoms with E-state index in [9.17, 15) is 9.90 Å². The van der Waals surface area contributed by atoms with Crippen molar-refractivity contribution < 1.29 is 28.8 Å². The SMILES string of the molecule is CC(C)OC(=O)CCC[C@H]1CC[C@@H]2[C@@H](CO)[C@H](OC3CCCCO3)C[C@@H]2OC1. The average molecular weight is 399 g/mol. The van der Waals surface area contributed by atoms with Crippen LogP contribution in [0, 0.1) is 17.8 Å². The van der Waals surface area contributed by atoms with E-state index < -0.39 is 0 Å². The van der Waals surface area contributed by atoms with E-state index in [4.69, 9.17) is 18.9 Å². The zero-order chi connectivity index (χ0) is 19.9. The second-order valence-corrected chi connectivity index (χ2v) is 8.96. The molecule has 162 valence electrons. The van der Waals surface area contributed by atoms with Gasteiger partial charge in [0, 0.05) is 38.6 Å². The third-order valence-corrected chi connectivity index (χ3v) is 6.46. The largest absolute Gasteiger partial charge is 0.463 e. The molecular weight excluding hydrogens is 360 g/mol. The minimum atomic E-state index is -0.117. The van der Waals surface area contributed by atoms with Crippen molar-refractivity contribution in [1.82, 2.24) is 0 Å². The van der Waals surface area contributed by atoms with Crippen molar-refractivity contribution >= 4 is 5.97 Å². The summed E-state index contributed by atoms with van der Waals surface area (Å²) in [6, 6.07) is 0. The van der Waals surface area contributed by atoms with E-state index in [1.54, 1.807) is 0 Å².